The number of rotatable bonds is 7. The van der Waals surface area contributed by atoms with Gasteiger partial charge in [-0.2, -0.15) is 4.98 Å². The molecule has 8 N–H and O–H groups in total. The van der Waals surface area contributed by atoms with Gasteiger partial charge in [0.25, 0.3) is 5.56 Å². The monoisotopic (exact) mass is 568 g/mol. The summed E-state index contributed by atoms with van der Waals surface area (Å²) in [6, 6.07) is 0.710. The van der Waals surface area contributed by atoms with Gasteiger partial charge in [-0.3, -0.25) is 23.7 Å². The van der Waals surface area contributed by atoms with E-state index in [1.807, 2.05) is 13.8 Å². The molecule has 0 aliphatic carbocycles. The molecule has 2 aliphatic rings. The number of H-pyrrole nitrogens is 1. The summed E-state index contributed by atoms with van der Waals surface area (Å²) in [4.78, 5) is 52.4. The van der Waals surface area contributed by atoms with Gasteiger partial charge in [0.15, 0.2) is 0 Å². The lowest BCUT2D eigenvalue weighted by molar-refractivity contribution is -0.155. The van der Waals surface area contributed by atoms with E-state index in [4.69, 9.17) is 30.8 Å². The van der Waals surface area contributed by atoms with E-state index in [-0.39, 0.29) is 37.8 Å². The number of carbonyl (C=O) groups excluding carboxylic acids is 1. The minimum Gasteiger partial charge on any atom is -0.458 e. The summed E-state index contributed by atoms with van der Waals surface area (Å²) in [7, 11) is 0. The van der Waals surface area contributed by atoms with Gasteiger partial charge >= 0.3 is 17.3 Å². The van der Waals surface area contributed by atoms with Crippen LogP contribution in [0.4, 0.5) is 5.82 Å². The van der Waals surface area contributed by atoms with Crippen LogP contribution in [0, 0.1) is 12.8 Å². The summed E-state index contributed by atoms with van der Waals surface area (Å²) in [6.45, 7) is 4.53. The Hall–Kier alpha value is -3.41. The van der Waals surface area contributed by atoms with Gasteiger partial charge in [0, 0.05) is 30.8 Å². The van der Waals surface area contributed by atoms with E-state index >= 15 is 0 Å². The van der Waals surface area contributed by atoms with Crippen LogP contribution >= 0.6 is 0 Å². The summed E-state index contributed by atoms with van der Waals surface area (Å²) in [5.74, 6) is -0.526. The maximum Gasteiger partial charge on any atom is 0.351 e. The molecular weight excluding hydrogens is 532 g/mol. The SMILES string of the molecule is CC(C)C(N)C(=O)O[C@@H]1C[C@@H](n2ccc(N)nc2=O)O[C@H]1CO.Cc1cn([C@@H]2C[C@@H](O)[C@H](CO)O2)c(=O)[nH]c1=O. The summed E-state index contributed by atoms with van der Waals surface area (Å²) in [6.07, 6.45) is -1.02. The Morgan fingerprint density at radius 3 is 2.35 bits per heavy atom. The quantitative estimate of drug-likeness (QED) is 0.189. The van der Waals surface area contributed by atoms with Crippen LogP contribution in [0.1, 0.15) is 44.7 Å². The van der Waals surface area contributed by atoms with Gasteiger partial charge in [0.1, 0.15) is 42.6 Å². The largest absolute Gasteiger partial charge is 0.458 e. The first-order valence-electron chi connectivity index (χ1n) is 12.7. The van der Waals surface area contributed by atoms with E-state index < -0.39 is 65.8 Å². The van der Waals surface area contributed by atoms with E-state index in [9.17, 15) is 29.4 Å². The van der Waals surface area contributed by atoms with Crippen LogP contribution in [-0.4, -0.2) is 84.1 Å². The summed E-state index contributed by atoms with van der Waals surface area (Å²) in [5.41, 5.74) is 9.99. The Labute approximate surface area is 228 Å². The van der Waals surface area contributed by atoms with E-state index in [1.54, 1.807) is 6.92 Å². The number of aliphatic hydroxyl groups excluding tert-OH is 3. The number of aliphatic hydroxyl groups is 3. The van der Waals surface area contributed by atoms with Crippen molar-refractivity contribution in [3.05, 3.63) is 55.3 Å². The van der Waals surface area contributed by atoms with Crippen molar-refractivity contribution < 1.29 is 34.3 Å². The Kier molecular flexibility index (Phi) is 10.3. The predicted molar refractivity (Wildman–Crippen MR) is 139 cm³/mol. The van der Waals surface area contributed by atoms with E-state index in [0.717, 1.165) is 0 Å². The molecule has 16 nitrogen and oxygen atoms in total. The fourth-order valence-corrected chi connectivity index (χ4v) is 4.15. The molecule has 2 fully saturated rings. The molecule has 2 aromatic rings. The highest BCUT2D eigenvalue weighted by atomic mass is 16.6. The first-order chi connectivity index (χ1) is 18.9. The highest BCUT2D eigenvalue weighted by Gasteiger charge is 2.40. The second kappa shape index (κ2) is 13.3. The molecule has 222 valence electrons. The smallest absolute Gasteiger partial charge is 0.351 e. The van der Waals surface area contributed by atoms with Crippen molar-refractivity contribution in [1.82, 2.24) is 19.1 Å². The number of nitrogens with one attached hydrogen (secondary N) is 1. The fraction of sp³-hybridized carbons (Fsp3) is 0.625. The van der Waals surface area contributed by atoms with Crippen LogP contribution in [0.25, 0.3) is 0 Å². The third-order valence-corrected chi connectivity index (χ3v) is 6.62. The lowest BCUT2D eigenvalue weighted by atomic mass is 10.1. The number of esters is 1. The Morgan fingerprint density at radius 2 is 1.77 bits per heavy atom. The molecule has 2 saturated heterocycles. The van der Waals surface area contributed by atoms with E-state index in [2.05, 4.69) is 9.97 Å². The molecule has 0 radical (unpaired) electrons. The van der Waals surface area contributed by atoms with E-state index in [1.165, 1.54) is 27.6 Å². The Balaban J connectivity index is 0.000000230. The average molecular weight is 569 g/mol. The molecular formula is C24H36N6O10. The zero-order valence-electron chi connectivity index (χ0n) is 22.4. The normalized spacial score (nSPS) is 26.8. The van der Waals surface area contributed by atoms with Crippen molar-refractivity contribution in [2.24, 2.45) is 11.7 Å². The van der Waals surface area contributed by atoms with Crippen molar-refractivity contribution in [3.8, 4) is 0 Å². The highest BCUT2D eigenvalue weighted by Crippen LogP contribution is 2.30. The van der Waals surface area contributed by atoms with Gasteiger partial charge in [-0.05, 0) is 18.9 Å². The average Bonchev–Trinajstić information content (AvgIpc) is 3.48. The van der Waals surface area contributed by atoms with Gasteiger partial charge in [0.2, 0.25) is 0 Å². The van der Waals surface area contributed by atoms with Crippen LogP contribution in [-0.2, 0) is 19.0 Å². The third-order valence-electron chi connectivity index (χ3n) is 6.62. The van der Waals surface area contributed by atoms with Crippen LogP contribution in [0.15, 0.2) is 32.8 Å². The van der Waals surface area contributed by atoms with Crippen LogP contribution < -0.4 is 28.4 Å². The number of ether oxygens (including phenoxy) is 3. The predicted octanol–water partition coefficient (Wildman–Crippen LogP) is -2.51. The summed E-state index contributed by atoms with van der Waals surface area (Å²) < 4.78 is 18.7. The van der Waals surface area contributed by atoms with Crippen LogP contribution in [0.3, 0.4) is 0 Å². The standard InChI is InChI=1S/C14H22N4O5.C10H14N2O5/c1-7(2)12(16)13(20)23-8-5-11(22-9(8)6-19)18-4-3-10(15)17-14(18)21;1-5-3-12(10(16)11-9(5)15)8-2-6(14)7(4-13)17-8/h3-4,7-9,11-12,19H,5-6,16H2,1-2H3,(H2,15,17,21);3,6-8,13-14H,2,4H2,1H3,(H,11,15,16)/t8-,9+,11+,12?;6-,7+,8+/m11/s1. The van der Waals surface area contributed by atoms with Gasteiger partial charge in [-0.1, -0.05) is 13.8 Å². The molecule has 0 spiro atoms. The zero-order valence-corrected chi connectivity index (χ0v) is 22.4. The number of aromatic amines is 1. The molecule has 7 atom stereocenters. The molecule has 40 heavy (non-hydrogen) atoms. The number of hydrogen-bond donors (Lipinski definition) is 6. The van der Waals surface area contributed by atoms with Crippen LogP contribution in [0.5, 0.6) is 0 Å². The van der Waals surface area contributed by atoms with Crippen LogP contribution in [0.2, 0.25) is 0 Å². The fourth-order valence-electron chi connectivity index (χ4n) is 4.15. The summed E-state index contributed by atoms with van der Waals surface area (Å²) in [5, 5.41) is 27.9. The number of carbonyl (C=O) groups is 1. The number of nitrogens with zero attached hydrogens (tertiary/aromatic N) is 3. The lowest BCUT2D eigenvalue weighted by Gasteiger charge is -2.20. The van der Waals surface area contributed by atoms with E-state index in [0.29, 0.717) is 5.56 Å². The minimum atomic E-state index is -0.816. The molecule has 0 aromatic carbocycles. The first-order valence-corrected chi connectivity index (χ1v) is 12.7. The molecule has 1 unspecified atom stereocenters. The minimum absolute atomic E-state index is 0.0721. The van der Waals surface area contributed by atoms with Gasteiger partial charge in [0.05, 0.1) is 19.3 Å². The van der Waals surface area contributed by atoms with Crippen molar-refractivity contribution >= 4 is 11.8 Å². The molecule has 0 saturated carbocycles. The maximum atomic E-state index is 12.0. The number of hydrogen-bond acceptors (Lipinski definition) is 13. The van der Waals surface area contributed by atoms with Crippen molar-refractivity contribution in [1.29, 1.82) is 0 Å². The van der Waals surface area contributed by atoms with Gasteiger partial charge < -0.3 is 41.0 Å². The second-order valence-corrected chi connectivity index (χ2v) is 9.93. The number of nitrogens with two attached hydrogens (primary N) is 2. The molecule has 4 rings (SSSR count). The molecule has 2 aromatic heterocycles. The third kappa shape index (κ3) is 7.21. The number of aryl methyl sites for hydroxylation is 1. The zero-order chi connectivity index (χ0) is 29.7. The Bertz CT molecular complexity index is 1340. The van der Waals surface area contributed by atoms with Crippen molar-refractivity contribution in [2.75, 3.05) is 18.9 Å². The molecule has 2 aliphatic heterocycles. The highest BCUT2D eigenvalue weighted by molar-refractivity contribution is 5.76. The summed E-state index contributed by atoms with van der Waals surface area (Å²) >= 11 is 0. The second-order valence-electron chi connectivity index (χ2n) is 9.93. The molecule has 16 heteroatoms. The van der Waals surface area contributed by atoms with Gasteiger partial charge in [-0.25, -0.2) is 9.59 Å². The Morgan fingerprint density at radius 1 is 1.15 bits per heavy atom. The topological polar surface area (TPSA) is 247 Å². The first kappa shape index (κ1) is 31.1. The molecule has 0 bridgehead atoms. The van der Waals surface area contributed by atoms with Crippen molar-refractivity contribution in [3.63, 3.8) is 0 Å². The van der Waals surface area contributed by atoms with Gasteiger partial charge in [-0.15, -0.1) is 0 Å². The lowest BCUT2D eigenvalue weighted by Crippen LogP contribution is -2.41. The maximum absolute atomic E-state index is 12.0. The molecule has 4 heterocycles. The number of anilines is 1. The number of aromatic nitrogens is 4. The molecule has 0 amide bonds. The van der Waals surface area contributed by atoms with Crippen molar-refractivity contribution in [2.45, 2.75) is 76.5 Å². The number of nitrogen functional groups attached to an aromatic ring is 1.